The van der Waals surface area contributed by atoms with Crippen molar-refractivity contribution in [2.75, 3.05) is 13.2 Å². The van der Waals surface area contributed by atoms with E-state index >= 15 is 0 Å². The van der Waals surface area contributed by atoms with Crippen molar-refractivity contribution in [1.82, 2.24) is 0 Å². The van der Waals surface area contributed by atoms with Gasteiger partial charge in [-0.25, -0.2) is 0 Å². The fraction of sp³-hybridized carbons (Fsp3) is 0.739. The number of aliphatic hydroxyl groups excluding tert-OH is 1. The van der Waals surface area contributed by atoms with Gasteiger partial charge in [0.15, 0.2) is 43.1 Å². The fourth-order valence-electron chi connectivity index (χ4n) is 4.01. The fourth-order valence-corrected chi connectivity index (χ4v) is 4.01. The maximum atomic E-state index is 12.0. The van der Waals surface area contributed by atoms with Gasteiger partial charge in [-0.05, 0) is 0 Å². The second kappa shape index (κ2) is 14.2. The minimum Gasteiger partial charge on any atom is -0.463 e. The first-order chi connectivity index (χ1) is 18.2. The summed E-state index contributed by atoms with van der Waals surface area (Å²) in [6.07, 6.45) is -13.6. The average molecular weight is 564 g/mol. The molecule has 0 bridgehead atoms. The summed E-state index contributed by atoms with van der Waals surface area (Å²) in [5, 5.41) is 10.4. The van der Waals surface area contributed by atoms with Crippen LogP contribution in [-0.4, -0.2) is 109 Å². The molecule has 0 aromatic rings. The van der Waals surface area contributed by atoms with Crippen LogP contribution < -0.4 is 0 Å². The zero-order valence-corrected chi connectivity index (χ0v) is 22.2. The van der Waals surface area contributed by atoms with Gasteiger partial charge in [-0.3, -0.25) is 28.8 Å². The van der Waals surface area contributed by atoms with Crippen LogP contribution in [0, 0.1) is 0 Å². The van der Waals surface area contributed by atoms with Crippen molar-refractivity contribution in [1.29, 1.82) is 0 Å². The Balaban J connectivity index is 2.56. The minimum atomic E-state index is -1.73. The third kappa shape index (κ3) is 9.42. The summed E-state index contributed by atoms with van der Waals surface area (Å²) in [4.78, 5) is 70.9. The molecule has 2 heterocycles. The van der Waals surface area contributed by atoms with Crippen molar-refractivity contribution in [3.05, 3.63) is 0 Å². The Morgan fingerprint density at radius 2 is 1.13 bits per heavy atom. The Morgan fingerprint density at radius 1 is 0.641 bits per heavy atom. The summed E-state index contributed by atoms with van der Waals surface area (Å²) < 4.78 is 48.3. The second-order valence-electron chi connectivity index (χ2n) is 8.61. The standard InChI is InChI=1S/C23H32O16/c1-9(24)31-7-16-17(34-11(3)26)19(35-12(4)27)21(37-14(6)29)23(38-16)39-18-15(33-10(2)25)8-32-22(30)20(18)36-13(5)28/h15-23,30H,7-8H2,1-6H3/t15-,16-,17+,18+,19+,20-,21-,22-,23-/m1/s1. The number of hydrogen-bond acceptors (Lipinski definition) is 16. The lowest BCUT2D eigenvalue weighted by Crippen LogP contribution is -2.65. The molecule has 2 rings (SSSR count). The van der Waals surface area contributed by atoms with Crippen molar-refractivity contribution >= 4 is 35.8 Å². The highest BCUT2D eigenvalue weighted by atomic mass is 16.8. The van der Waals surface area contributed by atoms with E-state index < -0.39 is 104 Å². The van der Waals surface area contributed by atoms with Gasteiger partial charge in [-0.1, -0.05) is 0 Å². The van der Waals surface area contributed by atoms with Gasteiger partial charge >= 0.3 is 35.8 Å². The maximum Gasteiger partial charge on any atom is 0.303 e. The molecule has 0 aliphatic carbocycles. The lowest BCUT2D eigenvalue weighted by molar-refractivity contribution is -0.348. The zero-order valence-electron chi connectivity index (χ0n) is 22.2. The van der Waals surface area contributed by atoms with E-state index in [-0.39, 0.29) is 0 Å². The molecule has 2 aliphatic rings. The van der Waals surface area contributed by atoms with E-state index in [0.717, 1.165) is 41.5 Å². The van der Waals surface area contributed by atoms with Crippen LogP contribution >= 0.6 is 0 Å². The molecule has 220 valence electrons. The molecule has 1 N–H and O–H groups in total. The molecule has 16 heteroatoms. The normalized spacial score (nSPS) is 32.2. The van der Waals surface area contributed by atoms with Gasteiger partial charge in [-0.15, -0.1) is 0 Å². The van der Waals surface area contributed by atoms with Crippen molar-refractivity contribution in [2.24, 2.45) is 0 Å². The SMILES string of the molecule is CC(=O)OC[C@H]1O[C@H](O[C@@H]2[C@@H](OC(C)=O)[C@H](O)OC[C@H]2OC(C)=O)[C@H](OC(C)=O)[C@@H](OC(C)=O)[C@H]1OC(C)=O. The molecule has 0 unspecified atom stereocenters. The first-order valence-corrected chi connectivity index (χ1v) is 11.8. The predicted octanol–water partition coefficient (Wildman–Crippen LogP) is -1.33. The van der Waals surface area contributed by atoms with Crippen molar-refractivity contribution in [3.63, 3.8) is 0 Å². The lowest BCUT2D eigenvalue weighted by Gasteiger charge is -2.46. The number of ether oxygens (including phenoxy) is 9. The van der Waals surface area contributed by atoms with Crippen molar-refractivity contribution in [3.8, 4) is 0 Å². The number of esters is 6. The highest BCUT2D eigenvalue weighted by Crippen LogP contribution is 2.33. The van der Waals surface area contributed by atoms with Gasteiger partial charge in [0.05, 0.1) is 6.61 Å². The summed E-state index contributed by atoms with van der Waals surface area (Å²) in [5.74, 6) is -4.90. The molecule has 0 aromatic heterocycles. The highest BCUT2D eigenvalue weighted by Gasteiger charge is 2.55. The molecule has 0 radical (unpaired) electrons. The molecule has 0 amide bonds. The topological polar surface area (TPSA) is 206 Å². The largest absolute Gasteiger partial charge is 0.463 e. The summed E-state index contributed by atoms with van der Waals surface area (Å²) in [7, 11) is 0. The number of aliphatic hydroxyl groups is 1. The number of carbonyl (C=O) groups is 6. The van der Waals surface area contributed by atoms with E-state index in [1.165, 1.54) is 0 Å². The molecule has 0 aromatic carbocycles. The summed E-state index contributed by atoms with van der Waals surface area (Å²) >= 11 is 0. The van der Waals surface area contributed by atoms with Crippen LogP contribution in [-0.2, 0) is 71.4 Å². The molecule has 2 saturated heterocycles. The monoisotopic (exact) mass is 564 g/mol. The smallest absolute Gasteiger partial charge is 0.303 e. The minimum absolute atomic E-state index is 0.394. The molecule has 2 aliphatic heterocycles. The molecule has 2 fully saturated rings. The molecular weight excluding hydrogens is 532 g/mol. The van der Waals surface area contributed by atoms with Crippen LogP contribution in [0.25, 0.3) is 0 Å². The van der Waals surface area contributed by atoms with E-state index in [9.17, 15) is 33.9 Å². The highest BCUT2D eigenvalue weighted by molar-refractivity contribution is 5.69. The third-order valence-corrected chi connectivity index (χ3v) is 5.26. The summed E-state index contributed by atoms with van der Waals surface area (Å²) in [6.45, 7) is 5.49. The van der Waals surface area contributed by atoms with Gasteiger partial charge in [-0.2, -0.15) is 0 Å². The average Bonchev–Trinajstić information content (AvgIpc) is 2.79. The van der Waals surface area contributed by atoms with E-state index in [2.05, 4.69) is 0 Å². The molecular formula is C23H32O16. The van der Waals surface area contributed by atoms with Crippen LogP contribution in [0.2, 0.25) is 0 Å². The van der Waals surface area contributed by atoms with E-state index in [0.29, 0.717) is 0 Å². The van der Waals surface area contributed by atoms with Gasteiger partial charge in [0.1, 0.15) is 18.8 Å². The molecule has 0 saturated carbocycles. The third-order valence-electron chi connectivity index (χ3n) is 5.26. The maximum absolute atomic E-state index is 12.0. The quantitative estimate of drug-likeness (QED) is 0.254. The first kappa shape index (κ1) is 31.9. The van der Waals surface area contributed by atoms with Crippen LogP contribution in [0.1, 0.15) is 41.5 Å². The summed E-state index contributed by atoms with van der Waals surface area (Å²) in [6, 6.07) is 0. The van der Waals surface area contributed by atoms with Gasteiger partial charge in [0.2, 0.25) is 0 Å². The summed E-state index contributed by atoms with van der Waals surface area (Å²) in [5.41, 5.74) is 0. The Bertz CT molecular complexity index is 933. The number of carbonyl (C=O) groups excluding carboxylic acids is 6. The number of rotatable bonds is 9. The van der Waals surface area contributed by atoms with Crippen LogP contribution in [0.5, 0.6) is 0 Å². The van der Waals surface area contributed by atoms with Crippen molar-refractivity contribution in [2.45, 2.75) is 96.9 Å². The molecule has 39 heavy (non-hydrogen) atoms. The van der Waals surface area contributed by atoms with Gasteiger partial charge in [0.25, 0.3) is 0 Å². The van der Waals surface area contributed by atoms with Crippen LogP contribution in [0.3, 0.4) is 0 Å². The molecule has 9 atom stereocenters. The van der Waals surface area contributed by atoms with Gasteiger partial charge in [0, 0.05) is 41.5 Å². The van der Waals surface area contributed by atoms with Gasteiger partial charge < -0.3 is 47.7 Å². The Kier molecular flexibility index (Phi) is 11.6. The van der Waals surface area contributed by atoms with E-state index in [1.54, 1.807) is 0 Å². The first-order valence-electron chi connectivity index (χ1n) is 11.8. The number of hydrogen-bond donors (Lipinski definition) is 1. The van der Waals surface area contributed by atoms with E-state index in [4.69, 9.17) is 42.6 Å². The van der Waals surface area contributed by atoms with Crippen LogP contribution in [0.4, 0.5) is 0 Å². The molecule has 0 spiro atoms. The Hall–Kier alpha value is -3.34. The zero-order chi connectivity index (χ0) is 29.4. The van der Waals surface area contributed by atoms with Crippen LogP contribution in [0.15, 0.2) is 0 Å². The van der Waals surface area contributed by atoms with Crippen molar-refractivity contribution < 1.29 is 76.5 Å². The molecule has 16 nitrogen and oxygen atoms in total. The Morgan fingerprint density at radius 3 is 1.64 bits per heavy atom. The second-order valence-corrected chi connectivity index (χ2v) is 8.61. The Labute approximate surface area is 223 Å². The predicted molar refractivity (Wildman–Crippen MR) is 120 cm³/mol. The van der Waals surface area contributed by atoms with E-state index in [1.807, 2.05) is 0 Å². The lowest BCUT2D eigenvalue weighted by atomic mass is 9.97.